The zero-order chi connectivity index (χ0) is 18.9. The molecule has 1 saturated carbocycles. The second-order valence-electron chi connectivity index (χ2n) is 8.04. The smallest absolute Gasteiger partial charge is 0.396 e. The molecule has 1 amide bonds. The molecule has 1 saturated heterocycles. The molecule has 144 valence electrons. The maximum absolute atomic E-state index is 12.8. The zero-order valence-corrected chi connectivity index (χ0v) is 15.1. The van der Waals surface area contributed by atoms with E-state index in [4.69, 9.17) is 0 Å². The lowest BCUT2D eigenvalue weighted by Crippen LogP contribution is -2.65. The molecular formula is C20H26F3NO2. The molecule has 1 aliphatic carbocycles. The Hall–Kier alpha value is -1.56. The van der Waals surface area contributed by atoms with E-state index in [2.05, 4.69) is 0 Å². The van der Waals surface area contributed by atoms with Gasteiger partial charge in [-0.3, -0.25) is 4.79 Å². The summed E-state index contributed by atoms with van der Waals surface area (Å²) in [5.74, 6) is 0.139. The number of rotatable bonds is 6. The van der Waals surface area contributed by atoms with Gasteiger partial charge in [0.2, 0.25) is 5.91 Å². The van der Waals surface area contributed by atoms with Crippen LogP contribution in [-0.4, -0.2) is 35.6 Å². The molecule has 1 aliphatic heterocycles. The lowest BCUT2D eigenvalue weighted by Gasteiger charge is -2.59. The minimum absolute atomic E-state index is 0.0429. The normalized spacial score (nSPS) is 20.6. The Labute approximate surface area is 152 Å². The Morgan fingerprint density at radius 2 is 2.04 bits per heavy atom. The number of alkyl halides is 3. The van der Waals surface area contributed by atoms with Crippen LogP contribution in [0.25, 0.3) is 0 Å². The molecule has 1 aromatic carbocycles. The van der Waals surface area contributed by atoms with Gasteiger partial charge in [0, 0.05) is 18.5 Å². The van der Waals surface area contributed by atoms with Gasteiger partial charge in [-0.15, -0.1) is 0 Å². The first-order valence-electron chi connectivity index (χ1n) is 9.32. The molecule has 26 heavy (non-hydrogen) atoms. The van der Waals surface area contributed by atoms with E-state index in [1.54, 1.807) is 6.07 Å². The molecule has 1 heterocycles. The molecule has 0 aromatic heterocycles. The van der Waals surface area contributed by atoms with Crippen LogP contribution in [0.4, 0.5) is 13.2 Å². The Balaban J connectivity index is 1.48. The van der Waals surface area contributed by atoms with Gasteiger partial charge in [0.1, 0.15) is 0 Å². The summed E-state index contributed by atoms with van der Waals surface area (Å²) in [6.45, 7) is 3.35. The summed E-state index contributed by atoms with van der Waals surface area (Å²) in [6, 6.07) is 5.58. The molecule has 1 spiro atoms. The van der Waals surface area contributed by atoms with Crippen LogP contribution in [-0.2, 0) is 17.4 Å². The number of aliphatic hydroxyl groups excluding tert-OH is 1. The SMILES string of the molecule is CCC[C@H](CO)C(=O)N1CC2(CC(Cc3cccc(C(F)(F)F)c3)C2)C1. The first kappa shape index (κ1) is 19.2. The van der Waals surface area contributed by atoms with Crippen molar-refractivity contribution >= 4 is 5.91 Å². The summed E-state index contributed by atoms with van der Waals surface area (Å²) in [5.41, 5.74) is 0.305. The van der Waals surface area contributed by atoms with E-state index >= 15 is 0 Å². The summed E-state index contributed by atoms with van der Waals surface area (Å²) >= 11 is 0. The average Bonchev–Trinajstić information content (AvgIpc) is 2.52. The first-order valence-corrected chi connectivity index (χ1v) is 9.32. The van der Waals surface area contributed by atoms with E-state index in [0.717, 1.165) is 44.0 Å². The molecule has 0 radical (unpaired) electrons. The van der Waals surface area contributed by atoms with Crippen LogP contribution in [0.2, 0.25) is 0 Å². The number of hydrogen-bond donors (Lipinski definition) is 1. The largest absolute Gasteiger partial charge is 0.416 e. The molecule has 3 nitrogen and oxygen atoms in total. The third-order valence-corrected chi connectivity index (χ3v) is 5.79. The highest BCUT2D eigenvalue weighted by Crippen LogP contribution is 2.53. The molecule has 1 atom stereocenters. The highest BCUT2D eigenvalue weighted by molar-refractivity contribution is 5.80. The number of carbonyl (C=O) groups excluding carboxylic acids is 1. The van der Waals surface area contributed by atoms with Crippen molar-refractivity contribution in [1.82, 2.24) is 4.90 Å². The number of hydrogen-bond acceptors (Lipinski definition) is 2. The maximum Gasteiger partial charge on any atom is 0.416 e. The predicted molar refractivity (Wildman–Crippen MR) is 92.4 cm³/mol. The Morgan fingerprint density at radius 1 is 1.35 bits per heavy atom. The number of benzene rings is 1. The lowest BCUT2D eigenvalue weighted by atomic mass is 9.56. The molecule has 0 unspecified atom stereocenters. The maximum atomic E-state index is 12.8. The van der Waals surface area contributed by atoms with Crippen LogP contribution in [0, 0.1) is 17.3 Å². The Bertz CT molecular complexity index is 645. The van der Waals surface area contributed by atoms with E-state index in [-0.39, 0.29) is 23.8 Å². The van der Waals surface area contributed by atoms with E-state index < -0.39 is 11.7 Å². The Morgan fingerprint density at radius 3 is 2.62 bits per heavy atom. The fraction of sp³-hybridized carbons (Fsp3) is 0.650. The van der Waals surface area contributed by atoms with Crippen molar-refractivity contribution in [2.24, 2.45) is 17.3 Å². The molecule has 3 rings (SSSR count). The van der Waals surface area contributed by atoms with E-state index in [9.17, 15) is 23.1 Å². The number of halogens is 3. The third kappa shape index (κ3) is 3.90. The summed E-state index contributed by atoms with van der Waals surface area (Å²) in [7, 11) is 0. The van der Waals surface area contributed by atoms with Crippen molar-refractivity contribution in [2.75, 3.05) is 19.7 Å². The van der Waals surface area contributed by atoms with E-state index in [1.807, 2.05) is 11.8 Å². The molecular weight excluding hydrogens is 343 g/mol. The van der Waals surface area contributed by atoms with Crippen molar-refractivity contribution in [3.05, 3.63) is 35.4 Å². The quantitative estimate of drug-likeness (QED) is 0.826. The number of nitrogens with zero attached hydrogens (tertiary/aromatic N) is 1. The third-order valence-electron chi connectivity index (χ3n) is 5.79. The van der Waals surface area contributed by atoms with Gasteiger partial charge >= 0.3 is 6.18 Å². The van der Waals surface area contributed by atoms with Crippen LogP contribution in [0.3, 0.4) is 0 Å². The number of amides is 1. The van der Waals surface area contributed by atoms with Gasteiger partial charge in [0.15, 0.2) is 0 Å². The minimum atomic E-state index is -4.30. The monoisotopic (exact) mass is 369 g/mol. The van der Waals surface area contributed by atoms with E-state index in [0.29, 0.717) is 18.8 Å². The predicted octanol–water partition coefficient (Wildman–Crippen LogP) is 3.90. The van der Waals surface area contributed by atoms with Crippen molar-refractivity contribution in [1.29, 1.82) is 0 Å². The van der Waals surface area contributed by atoms with Crippen LogP contribution >= 0.6 is 0 Å². The highest BCUT2D eigenvalue weighted by Gasteiger charge is 2.53. The summed E-state index contributed by atoms with van der Waals surface area (Å²) < 4.78 is 38.4. The lowest BCUT2D eigenvalue weighted by molar-refractivity contribution is -0.160. The van der Waals surface area contributed by atoms with Crippen molar-refractivity contribution in [3.8, 4) is 0 Å². The minimum Gasteiger partial charge on any atom is -0.396 e. The van der Waals surface area contributed by atoms with Crippen LogP contribution in [0.1, 0.15) is 43.7 Å². The number of likely N-dealkylation sites (tertiary alicyclic amines) is 1. The highest BCUT2D eigenvalue weighted by atomic mass is 19.4. The topological polar surface area (TPSA) is 40.5 Å². The fourth-order valence-corrected chi connectivity index (χ4v) is 4.59. The van der Waals surface area contributed by atoms with Gasteiger partial charge in [-0.25, -0.2) is 0 Å². The summed E-state index contributed by atoms with van der Waals surface area (Å²) in [4.78, 5) is 14.2. The van der Waals surface area contributed by atoms with Gasteiger partial charge in [-0.05, 0) is 43.2 Å². The molecule has 2 aliphatic rings. The zero-order valence-electron chi connectivity index (χ0n) is 15.1. The first-order chi connectivity index (χ1) is 12.3. The van der Waals surface area contributed by atoms with Crippen LogP contribution in [0.5, 0.6) is 0 Å². The van der Waals surface area contributed by atoms with Crippen molar-refractivity contribution in [3.63, 3.8) is 0 Å². The molecule has 0 bridgehead atoms. The van der Waals surface area contributed by atoms with Gasteiger partial charge < -0.3 is 10.0 Å². The average molecular weight is 369 g/mol. The second-order valence-corrected chi connectivity index (χ2v) is 8.04. The number of carbonyl (C=O) groups is 1. The van der Waals surface area contributed by atoms with E-state index in [1.165, 1.54) is 12.1 Å². The summed E-state index contributed by atoms with van der Waals surface area (Å²) in [6.07, 6.45) is -0.136. The molecule has 1 aromatic rings. The number of aliphatic hydroxyl groups is 1. The van der Waals surface area contributed by atoms with Crippen molar-refractivity contribution < 1.29 is 23.1 Å². The van der Waals surface area contributed by atoms with Gasteiger partial charge in [-0.1, -0.05) is 31.5 Å². The van der Waals surface area contributed by atoms with Crippen molar-refractivity contribution in [2.45, 2.75) is 45.2 Å². The van der Waals surface area contributed by atoms with Crippen LogP contribution in [0.15, 0.2) is 24.3 Å². The molecule has 1 N–H and O–H groups in total. The standard InChI is InChI=1S/C20H26F3NO2/c1-2-4-16(11-25)18(26)24-12-19(13-24)9-15(10-19)7-14-5-3-6-17(8-14)20(21,22)23/h3,5-6,8,15-16,25H,2,4,7,9-13H2,1H3/t16-/m1/s1. The Kier molecular flexibility index (Phi) is 5.33. The van der Waals surface area contributed by atoms with Crippen LogP contribution < -0.4 is 0 Å². The summed E-state index contributed by atoms with van der Waals surface area (Å²) in [5, 5.41) is 9.36. The molecule has 2 fully saturated rings. The fourth-order valence-electron chi connectivity index (χ4n) is 4.59. The van der Waals surface area contributed by atoms with Gasteiger partial charge in [0.25, 0.3) is 0 Å². The second kappa shape index (κ2) is 7.22. The molecule has 6 heteroatoms. The van der Waals surface area contributed by atoms with Gasteiger partial charge in [0.05, 0.1) is 18.1 Å². The van der Waals surface area contributed by atoms with Gasteiger partial charge in [-0.2, -0.15) is 13.2 Å².